The maximum Gasteiger partial charge on any atom is 0.280 e. The van der Waals surface area contributed by atoms with Crippen LogP contribution in [0.5, 0.6) is 11.5 Å². The van der Waals surface area contributed by atoms with E-state index in [1.54, 1.807) is 18.9 Å². The number of aromatic nitrogens is 2. The smallest absolute Gasteiger partial charge is 0.280 e. The van der Waals surface area contributed by atoms with Crippen molar-refractivity contribution in [3.8, 4) is 11.5 Å². The topological polar surface area (TPSA) is 115 Å². The second-order valence-corrected chi connectivity index (χ2v) is 9.46. The zero-order chi connectivity index (χ0) is 23.5. The quantitative estimate of drug-likeness (QED) is 0.605. The molecule has 10 nitrogen and oxygen atoms in total. The van der Waals surface area contributed by atoms with E-state index in [2.05, 4.69) is 15.1 Å². The van der Waals surface area contributed by atoms with Gasteiger partial charge >= 0.3 is 0 Å². The molecule has 2 aromatic rings. The number of methoxy groups -OCH3 is 2. The Bertz CT molecular complexity index is 1070. The maximum absolute atomic E-state index is 12.9. The van der Waals surface area contributed by atoms with E-state index >= 15 is 0 Å². The standard InChI is InChI=1S/C21H31N5O5S/c1-6-26-13-16(14(2)23-26)17-12-18(25(3)32(28,29)24-17)21(27)22-10-9-15-7-8-19(30-4)20(11-15)31-5/h7-8,11,13,17-18,24H,6,9-10,12H2,1-5H3,(H,22,27)/t17-,18+/m0/s1. The van der Waals surface area contributed by atoms with Gasteiger partial charge in [-0.05, 0) is 44.4 Å². The molecule has 1 amide bonds. The number of carbonyl (C=O) groups is 1. The molecule has 1 aliphatic heterocycles. The fourth-order valence-electron chi connectivity index (χ4n) is 3.83. The molecule has 1 fully saturated rings. The minimum atomic E-state index is -3.81. The number of carbonyl (C=O) groups excluding carboxylic acids is 1. The molecule has 0 saturated carbocycles. The van der Waals surface area contributed by atoms with Gasteiger partial charge in [0.15, 0.2) is 11.5 Å². The van der Waals surface area contributed by atoms with E-state index in [0.717, 1.165) is 21.1 Å². The van der Waals surface area contributed by atoms with Crippen LogP contribution in [0.3, 0.4) is 0 Å². The molecule has 3 rings (SSSR count). The number of ether oxygens (including phenoxy) is 2. The SMILES string of the molecule is CCn1cc([C@@H]2C[C@H](C(=O)NCCc3ccc(OC)c(OC)c3)N(C)S(=O)(=O)N2)c(C)n1. The highest BCUT2D eigenvalue weighted by Gasteiger charge is 2.41. The zero-order valence-electron chi connectivity index (χ0n) is 19.1. The first-order chi connectivity index (χ1) is 15.2. The highest BCUT2D eigenvalue weighted by Crippen LogP contribution is 2.30. The fraction of sp³-hybridized carbons (Fsp3) is 0.524. The summed E-state index contributed by atoms with van der Waals surface area (Å²) in [6, 6.07) is 4.24. The van der Waals surface area contributed by atoms with Crippen LogP contribution in [0.2, 0.25) is 0 Å². The Kier molecular flexibility index (Phi) is 7.42. The van der Waals surface area contributed by atoms with E-state index in [1.807, 2.05) is 38.2 Å². The Morgan fingerprint density at radius 3 is 2.62 bits per heavy atom. The third-order valence-corrected chi connectivity index (χ3v) is 7.31. The molecule has 0 aliphatic carbocycles. The van der Waals surface area contributed by atoms with Gasteiger partial charge in [0.05, 0.1) is 26.0 Å². The average molecular weight is 466 g/mol. The predicted molar refractivity (Wildman–Crippen MR) is 120 cm³/mol. The number of benzene rings is 1. The van der Waals surface area contributed by atoms with Crippen LogP contribution in [0.25, 0.3) is 0 Å². The summed E-state index contributed by atoms with van der Waals surface area (Å²) in [7, 11) is 0.751. The Balaban J connectivity index is 1.68. The summed E-state index contributed by atoms with van der Waals surface area (Å²) in [6.45, 7) is 4.85. The molecular weight excluding hydrogens is 434 g/mol. The monoisotopic (exact) mass is 465 g/mol. The van der Waals surface area contributed by atoms with E-state index in [0.29, 0.717) is 37.4 Å². The molecule has 0 radical (unpaired) electrons. The highest BCUT2D eigenvalue weighted by molar-refractivity contribution is 7.87. The number of rotatable bonds is 8. The van der Waals surface area contributed by atoms with Crippen molar-refractivity contribution in [2.75, 3.05) is 27.8 Å². The molecule has 1 aromatic heterocycles. The number of amides is 1. The van der Waals surface area contributed by atoms with Gasteiger partial charge in [0.1, 0.15) is 6.04 Å². The van der Waals surface area contributed by atoms with Crippen molar-refractivity contribution in [1.29, 1.82) is 0 Å². The number of likely N-dealkylation sites (N-methyl/N-ethyl adjacent to an activating group) is 1. The van der Waals surface area contributed by atoms with Crippen molar-refractivity contribution >= 4 is 16.1 Å². The Hall–Kier alpha value is -2.63. The van der Waals surface area contributed by atoms with Crippen molar-refractivity contribution in [2.24, 2.45) is 0 Å². The van der Waals surface area contributed by atoms with E-state index in [1.165, 1.54) is 7.05 Å². The molecule has 2 heterocycles. The lowest BCUT2D eigenvalue weighted by Gasteiger charge is -2.36. The first-order valence-corrected chi connectivity index (χ1v) is 11.9. The molecule has 1 saturated heterocycles. The van der Waals surface area contributed by atoms with Gasteiger partial charge < -0.3 is 14.8 Å². The van der Waals surface area contributed by atoms with Crippen LogP contribution in [0.1, 0.15) is 36.2 Å². The van der Waals surface area contributed by atoms with E-state index in [9.17, 15) is 13.2 Å². The number of nitrogens with one attached hydrogen (secondary N) is 2. The minimum Gasteiger partial charge on any atom is -0.493 e. The largest absolute Gasteiger partial charge is 0.493 e. The van der Waals surface area contributed by atoms with Crippen LogP contribution in [0.15, 0.2) is 24.4 Å². The summed E-state index contributed by atoms with van der Waals surface area (Å²) in [4.78, 5) is 12.9. The normalized spacial score (nSPS) is 20.7. The minimum absolute atomic E-state index is 0.314. The van der Waals surface area contributed by atoms with E-state index < -0.39 is 22.3 Å². The number of nitrogens with zero attached hydrogens (tertiary/aromatic N) is 3. The van der Waals surface area contributed by atoms with Gasteiger partial charge in [-0.3, -0.25) is 9.48 Å². The molecule has 1 aromatic carbocycles. The summed E-state index contributed by atoms with van der Waals surface area (Å²) in [5.41, 5.74) is 2.50. The van der Waals surface area contributed by atoms with Crippen LogP contribution in [-0.4, -0.2) is 62.3 Å². The number of hydrogen-bond acceptors (Lipinski definition) is 6. The summed E-state index contributed by atoms with van der Waals surface area (Å²) in [5.74, 6) is 0.921. The van der Waals surface area contributed by atoms with Gasteiger partial charge in [0, 0.05) is 31.9 Å². The van der Waals surface area contributed by atoms with Gasteiger partial charge in [-0.2, -0.15) is 22.5 Å². The van der Waals surface area contributed by atoms with Crippen LogP contribution in [0.4, 0.5) is 0 Å². The first kappa shape index (κ1) is 24.0. The first-order valence-electron chi connectivity index (χ1n) is 10.5. The third kappa shape index (κ3) is 5.05. The van der Waals surface area contributed by atoms with Gasteiger partial charge in [-0.1, -0.05) is 6.07 Å². The Morgan fingerprint density at radius 2 is 2.00 bits per heavy atom. The summed E-state index contributed by atoms with van der Waals surface area (Å²) >= 11 is 0. The number of aryl methyl sites for hydroxylation is 2. The van der Waals surface area contributed by atoms with Crippen molar-refractivity contribution in [2.45, 2.75) is 45.3 Å². The van der Waals surface area contributed by atoms with Gasteiger partial charge in [-0.15, -0.1) is 0 Å². The number of hydrogen-bond donors (Lipinski definition) is 2. The van der Waals surface area contributed by atoms with Crippen molar-refractivity contribution in [3.05, 3.63) is 41.2 Å². The molecule has 0 bridgehead atoms. The maximum atomic E-state index is 12.9. The Morgan fingerprint density at radius 1 is 1.28 bits per heavy atom. The highest BCUT2D eigenvalue weighted by atomic mass is 32.2. The lowest BCUT2D eigenvalue weighted by Crippen LogP contribution is -2.57. The molecule has 32 heavy (non-hydrogen) atoms. The van der Waals surface area contributed by atoms with Crippen molar-refractivity contribution in [1.82, 2.24) is 24.1 Å². The lowest BCUT2D eigenvalue weighted by molar-refractivity contribution is -0.125. The van der Waals surface area contributed by atoms with Crippen LogP contribution in [-0.2, 0) is 28.0 Å². The molecule has 11 heteroatoms. The van der Waals surface area contributed by atoms with Crippen LogP contribution in [0, 0.1) is 6.92 Å². The fourth-order valence-corrected chi connectivity index (χ4v) is 5.10. The van der Waals surface area contributed by atoms with Crippen LogP contribution >= 0.6 is 0 Å². The molecule has 176 valence electrons. The lowest BCUT2D eigenvalue weighted by atomic mass is 10.00. The molecule has 2 atom stereocenters. The van der Waals surface area contributed by atoms with E-state index in [4.69, 9.17) is 9.47 Å². The predicted octanol–water partition coefficient (Wildman–Crippen LogP) is 1.17. The van der Waals surface area contributed by atoms with Crippen molar-refractivity contribution < 1.29 is 22.7 Å². The second kappa shape index (κ2) is 9.88. The molecule has 2 N–H and O–H groups in total. The molecular formula is C21H31N5O5S. The molecule has 1 aliphatic rings. The zero-order valence-corrected chi connectivity index (χ0v) is 19.9. The molecule has 0 spiro atoms. The van der Waals surface area contributed by atoms with Gasteiger partial charge in [-0.25, -0.2) is 0 Å². The van der Waals surface area contributed by atoms with Gasteiger partial charge in [0.2, 0.25) is 5.91 Å². The third-order valence-electron chi connectivity index (χ3n) is 5.72. The van der Waals surface area contributed by atoms with Crippen LogP contribution < -0.4 is 19.5 Å². The second-order valence-electron chi connectivity index (χ2n) is 7.70. The summed E-state index contributed by atoms with van der Waals surface area (Å²) in [5, 5.41) is 7.27. The summed E-state index contributed by atoms with van der Waals surface area (Å²) in [6.07, 6.45) is 2.72. The Labute approximate surface area is 189 Å². The van der Waals surface area contributed by atoms with Crippen molar-refractivity contribution in [3.63, 3.8) is 0 Å². The van der Waals surface area contributed by atoms with E-state index in [-0.39, 0.29) is 5.91 Å². The van der Waals surface area contributed by atoms with Gasteiger partial charge in [0.25, 0.3) is 10.2 Å². The average Bonchev–Trinajstić information content (AvgIpc) is 3.16. The summed E-state index contributed by atoms with van der Waals surface area (Å²) < 4.78 is 41.4. The molecule has 0 unspecified atom stereocenters.